The van der Waals surface area contributed by atoms with Gasteiger partial charge in [-0.15, -0.1) is 0 Å². The van der Waals surface area contributed by atoms with Gasteiger partial charge in [-0.25, -0.2) is 0 Å². The van der Waals surface area contributed by atoms with Crippen molar-refractivity contribution in [1.29, 1.82) is 0 Å². The van der Waals surface area contributed by atoms with E-state index in [1.807, 2.05) is 12.1 Å². The van der Waals surface area contributed by atoms with Gasteiger partial charge in [-0.3, -0.25) is 4.79 Å². The van der Waals surface area contributed by atoms with Gasteiger partial charge < -0.3 is 19.1 Å². The lowest BCUT2D eigenvalue weighted by Gasteiger charge is -2.15. The van der Waals surface area contributed by atoms with Crippen LogP contribution in [-0.2, 0) is 6.54 Å². The molecule has 2 rings (SSSR count). The van der Waals surface area contributed by atoms with Crippen LogP contribution in [0.4, 0.5) is 0 Å². The number of methoxy groups -OCH3 is 2. The van der Waals surface area contributed by atoms with Crippen LogP contribution in [0.3, 0.4) is 0 Å². The molecule has 0 spiro atoms. The van der Waals surface area contributed by atoms with Crippen molar-refractivity contribution in [1.82, 2.24) is 4.57 Å². The van der Waals surface area contributed by atoms with Crippen molar-refractivity contribution in [3.63, 3.8) is 0 Å². The number of hydrogen-bond acceptors (Lipinski definition) is 4. The van der Waals surface area contributed by atoms with Crippen molar-refractivity contribution in [3.8, 4) is 17.2 Å². The summed E-state index contributed by atoms with van der Waals surface area (Å²) >= 11 is 0. The first-order valence-corrected chi connectivity index (χ1v) is 8.61. The van der Waals surface area contributed by atoms with Gasteiger partial charge in [0.1, 0.15) is 5.75 Å². The fraction of sp³-hybridized carbons (Fsp3) is 0.526. The predicted octanol–water partition coefficient (Wildman–Crippen LogP) is 4.08. The number of rotatable bonds is 9. The van der Waals surface area contributed by atoms with E-state index < -0.39 is 5.56 Å². The summed E-state index contributed by atoms with van der Waals surface area (Å²) in [6, 6.07) is 5.42. The lowest BCUT2D eigenvalue weighted by Crippen LogP contribution is -2.21. The van der Waals surface area contributed by atoms with Gasteiger partial charge in [0.15, 0.2) is 5.75 Å². The minimum Gasteiger partial charge on any atom is -0.500 e. The lowest BCUT2D eigenvalue weighted by molar-refractivity contribution is 0.370. The zero-order valence-electron chi connectivity index (χ0n) is 14.8. The largest absolute Gasteiger partial charge is 0.500 e. The van der Waals surface area contributed by atoms with Crippen LogP contribution in [0.2, 0.25) is 0 Å². The van der Waals surface area contributed by atoms with E-state index >= 15 is 0 Å². The van der Waals surface area contributed by atoms with E-state index in [2.05, 4.69) is 6.92 Å². The Kier molecular flexibility index (Phi) is 6.53. The number of hydrogen-bond donors (Lipinski definition) is 1. The first-order valence-electron chi connectivity index (χ1n) is 8.61. The molecule has 2 aromatic rings. The van der Waals surface area contributed by atoms with Gasteiger partial charge in [0, 0.05) is 18.0 Å². The average Bonchev–Trinajstić information content (AvgIpc) is 2.61. The first-order chi connectivity index (χ1) is 11.6. The van der Waals surface area contributed by atoms with Gasteiger partial charge in [0.2, 0.25) is 5.75 Å². The van der Waals surface area contributed by atoms with E-state index in [4.69, 9.17) is 9.47 Å². The number of nitrogens with zero attached hydrogens (tertiary/aromatic N) is 1. The first kappa shape index (κ1) is 18.2. The molecule has 0 bridgehead atoms. The third-order valence-corrected chi connectivity index (χ3v) is 4.34. The Labute approximate surface area is 142 Å². The molecule has 24 heavy (non-hydrogen) atoms. The smallest absolute Gasteiger partial charge is 0.297 e. The van der Waals surface area contributed by atoms with Crippen molar-refractivity contribution in [2.45, 2.75) is 52.0 Å². The zero-order chi connectivity index (χ0) is 17.5. The molecule has 5 heteroatoms. The highest BCUT2D eigenvalue weighted by molar-refractivity contribution is 5.88. The molecule has 0 unspecified atom stereocenters. The van der Waals surface area contributed by atoms with E-state index in [9.17, 15) is 9.90 Å². The van der Waals surface area contributed by atoms with Crippen LogP contribution < -0.4 is 15.0 Å². The van der Waals surface area contributed by atoms with Gasteiger partial charge in [-0.05, 0) is 18.6 Å². The summed E-state index contributed by atoms with van der Waals surface area (Å²) in [7, 11) is 3.05. The summed E-state index contributed by atoms with van der Waals surface area (Å²) in [6.45, 7) is 2.77. The van der Waals surface area contributed by atoms with Crippen LogP contribution in [0, 0.1) is 0 Å². The summed E-state index contributed by atoms with van der Waals surface area (Å²) < 4.78 is 12.1. The van der Waals surface area contributed by atoms with Crippen molar-refractivity contribution in [2.75, 3.05) is 14.2 Å². The van der Waals surface area contributed by atoms with Crippen molar-refractivity contribution < 1.29 is 14.6 Å². The van der Waals surface area contributed by atoms with Gasteiger partial charge in [-0.1, -0.05) is 39.0 Å². The number of pyridine rings is 1. The number of aromatic nitrogens is 1. The molecule has 1 aromatic carbocycles. The lowest BCUT2D eigenvalue weighted by atomic mass is 10.1. The fourth-order valence-corrected chi connectivity index (χ4v) is 2.99. The van der Waals surface area contributed by atoms with E-state index in [0.29, 0.717) is 17.7 Å². The Hall–Kier alpha value is -2.17. The predicted molar refractivity (Wildman–Crippen MR) is 96.4 cm³/mol. The van der Waals surface area contributed by atoms with Crippen LogP contribution >= 0.6 is 0 Å². The summed E-state index contributed by atoms with van der Waals surface area (Å²) in [5.41, 5.74) is 0.309. The molecule has 1 aromatic heterocycles. The zero-order valence-corrected chi connectivity index (χ0v) is 14.8. The minimum atomic E-state index is -0.416. The van der Waals surface area contributed by atoms with E-state index in [1.165, 1.54) is 32.8 Å². The Morgan fingerprint density at radius 3 is 2.42 bits per heavy atom. The van der Waals surface area contributed by atoms with Gasteiger partial charge in [0.25, 0.3) is 5.56 Å². The van der Waals surface area contributed by atoms with Gasteiger partial charge >= 0.3 is 0 Å². The second kappa shape index (κ2) is 8.62. The van der Waals surface area contributed by atoms with E-state index in [-0.39, 0.29) is 11.5 Å². The Bertz CT molecular complexity index is 736. The van der Waals surface area contributed by atoms with Crippen LogP contribution in [-0.4, -0.2) is 23.9 Å². The number of benzene rings is 1. The number of ether oxygens (including phenoxy) is 2. The maximum Gasteiger partial charge on any atom is 0.297 e. The maximum absolute atomic E-state index is 12.5. The van der Waals surface area contributed by atoms with Gasteiger partial charge in [0.05, 0.1) is 19.7 Å². The van der Waals surface area contributed by atoms with Crippen LogP contribution in [0.1, 0.15) is 45.4 Å². The summed E-state index contributed by atoms with van der Waals surface area (Å²) in [5, 5.41) is 10.9. The molecule has 0 saturated carbocycles. The molecular weight excluding hydrogens is 306 g/mol. The van der Waals surface area contributed by atoms with Gasteiger partial charge in [-0.2, -0.15) is 0 Å². The minimum absolute atomic E-state index is 0.219. The molecular formula is C19H27NO4. The molecule has 1 heterocycles. The topological polar surface area (TPSA) is 60.7 Å². The molecule has 0 fully saturated rings. The highest BCUT2D eigenvalue weighted by atomic mass is 16.5. The molecule has 0 saturated heterocycles. The molecule has 0 amide bonds. The number of aryl methyl sites for hydroxylation is 1. The second-order valence-corrected chi connectivity index (χ2v) is 5.99. The Morgan fingerprint density at radius 2 is 1.75 bits per heavy atom. The maximum atomic E-state index is 12.5. The monoisotopic (exact) mass is 333 g/mol. The standard InChI is InChI=1S/C19H27NO4/c1-4-5-6-7-8-9-12-20-16-13-14(23-2)10-11-15(16)18(24-3)17(21)19(20)22/h10-11,13,21H,4-9,12H2,1-3H3. The molecule has 0 atom stereocenters. The van der Waals surface area contributed by atoms with E-state index in [1.54, 1.807) is 17.7 Å². The normalized spacial score (nSPS) is 11.0. The van der Waals surface area contributed by atoms with Crippen LogP contribution in [0.15, 0.2) is 23.0 Å². The molecule has 5 nitrogen and oxygen atoms in total. The quantitative estimate of drug-likeness (QED) is 0.702. The molecule has 0 aliphatic rings. The number of unbranched alkanes of at least 4 members (excludes halogenated alkanes) is 5. The van der Waals surface area contributed by atoms with Crippen LogP contribution in [0.25, 0.3) is 10.9 Å². The van der Waals surface area contributed by atoms with Crippen molar-refractivity contribution in [3.05, 3.63) is 28.6 Å². The molecule has 1 N–H and O–H groups in total. The number of fused-ring (bicyclic) bond motifs is 1. The molecule has 0 aliphatic carbocycles. The SMILES string of the molecule is CCCCCCCCn1c(=O)c(O)c(OC)c2ccc(OC)cc21. The summed E-state index contributed by atoms with van der Waals surface area (Å²) in [4.78, 5) is 12.5. The molecule has 0 radical (unpaired) electrons. The summed E-state index contributed by atoms with van der Waals surface area (Å²) in [6.07, 6.45) is 6.85. The highest BCUT2D eigenvalue weighted by Gasteiger charge is 2.17. The average molecular weight is 333 g/mol. The fourth-order valence-electron chi connectivity index (χ4n) is 2.99. The Balaban J connectivity index is 2.33. The van der Waals surface area contributed by atoms with Crippen molar-refractivity contribution >= 4 is 10.9 Å². The molecule has 0 aliphatic heterocycles. The second-order valence-electron chi connectivity index (χ2n) is 5.99. The van der Waals surface area contributed by atoms with E-state index in [0.717, 1.165) is 18.4 Å². The summed E-state index contributed by atoms with van der Waals surface area (Å²) in [5.74, 6) is 0.560. The Morgan fingerprint density at radius 1 is 1.04 bits per heavy atom. The van der Waals surface area contributed by atoms with Crippen LogP contribution in [0.5, 0.6) is 17.2 Å². The third-order valence-electron chi connectivity index (χ3n) is 4.34. The third kappa shape index (κ3) is 3.83. The molecule has 132 valence electrons. The highest BCUT2D eigenvalue weighted by Crippen LogP contribution is 2.33. The van der Waals surface area contributed by atoms with Crippen molar-refractivity contribution in [2.24, 2.45) is 0 Å². The number of aromatic hydroxyl groups is 1.